The van der Waals surface area contributed by atoms with Crippen LogP contribution in [0.3, 0.4) is 0 Å². The predicted molar refractivity (Wildman–Crippen MR) is 47.6 cm³/mol. The summed E-state index contributed by atoms with van der Waals surface area (Å²) in [5.41, 5.74) is 0. The molecule has 0 aliphatic carbocycles. The van der Waals surface area contributed by atoms with Crippen LogP contribution in [0.15, 0.2) is 0 Å². The van der Waals surface area contributed by atoms with Gasteiger partial charge >= 0.3 is 10.4 Å². The number of hydrogen-bond donors (Lipinski definition) is 5. The Bertz CT molecular complexity index is 312. The van der Waals surface area contributed by atoms with Gasteiger partial charge in [0, 0.05) is 0 Å². The molecule has 0 bridgehead atoms. The third kappa shape index (κ3) is 4.94. The van der Waals surface area contributed by atoms with Crippen LogP contribution in [0.1, 0.15) is 0 Å². The van der Waals surface area contributed by atoms with E-state index in [4.69, 9.17) is 19.9 Å². The van der Waals surface area contributed by atoms with Gasteiger partial charge < -0.3 is 25.2 Å². The topological polar surface area (TPSA) is 162 Å². The maximum Gasteiger partial charge on any atom is 0.397 e. The van der Waals surface area contributed by atoms with Gasteiger partial charge in [0.15, 0.2) is 6.29 Å². The monoisotopic (exact) mass is 260 g/mol. The molecular formula is C6H12O9S. The lowest BCUT2D eigenvalue weighted by molar-refractivity contribution is -0.134. The largest absolute Gasteiger partial charge is 0.397 e. The van der Waals surface area contributed by atoms with Gasteiger partial charge in [0.2, 0.25) is 0 Å². The Labute approximate surface area is 90.9 Å². The highest BCUT2D eigenvalue weighted by Crippen LogP contribution is 2.09. The second-order valence-corrected chi connectivity index (χ2v) is 3.90. The van der Waals surface area contributed by atoms with Crippen molar-refractivity contribution < 1.29 is 42.4 Å². The van der Waals surface area contributed by atoms with E-state index < -0.39 is 41.4 Å². The van der Waals surface area contributed by atoms with Gasteiger partial charge in [-0.15, -0.1) is 0 Å². The quantitative estimate of drug-likeness (QED) is 0.230. The smallest absolute Gasteiger partial charge is 0.394 e. The van der Waals surface area contributed by atoms with Gasteiger partial charge in [-0.05, 0) is 0 Å². The maximum absolute atomic E-state index is 10.3. The molecule has 0 aromatic heterocycles. The van der Waals surface area contributed by atoms with Crippen LogP contribution >= 0.6 is 0 Å². The summed E-state index contributed by atoms with van der Waals surface area (Å²) >= 11 is 0. The Morgan fingerprint density at radius 3 is 2.00 bits per heavy atom. The maximum atomic E-state index is 10.3. The molecule has 0 aliphatic rings. The highest BCUT2D eigenvalue weighted by atomic mass is 32.3. The van der Waals surface area contributed by atoms with E-state index >= 15 is 0 Å². The molecule has 10 heteroatoms. The first-order chi connectivity index (χ1) is 7.22. The number of aliphatic hydroxyl groups excluding tert-OH is 4. The first kappa shape index (κ1) is 15.4. The third-order valence-electron chi connectivity index (χ3n) is 1.65. The fourth-order valence-corrected chi connectivity index (χ4v) is 1.34. The molecule has 16 heavy (non-hydrogen) atoms. The summed E-state index contributed by atoms with van der Waals surface area (Å²) in [4.78, 5) is 10.1. The highest BCUT2D eigenvalue weighted by Gasteiger charge is 2.34. The Balaban J connectivity index is 4.64. The van der Waals surface area contributed by atoms with E-state index in [1.807, 2.05) is 0 Å². The van der Waals surface area contributed by atoms with Crippen LogP contribution in [0.2, 0.25) is 0 Å². The first-order valence-electron chi connectivity index (χ1n) is 3.99. The summed E-state index contributed by atoms with van der Waals surface area (Å²) in [5.74, 6) is 0. The van der Waals surface area contributed by atoms with Crippen LogP contribution in [0.5, 0.6) is 0 Å². The minimum absolute atomic E-state index is 0.101. The van der Waals surface area contributed by atoms with Gasteiger partial charge in [0.25, 0.3) is 0 Å². The molecule has 4 atom stereocenters. The Kier molecular flexibility index (Phi) is 5.96. The Hall–Kier alpha value is -0.620. The number of hydrogen-bond acceptors (Lipinski definition) is 8. The lowest BCUT2D eigenvalue weighted by Crippen LogP contribution is -2.48. The van der Waals surface area contributed by atoms with Gasteiger partial charge in [0.05, 0.1) is 6.61 Å². The Morgan fingerprint density at radius 1 is 1.19 bits per heavy atom. The van der Waals surface area contributed by atoms with Crippen LogP contribution in [-0.4, -0.2) is 70.7 Å². The highest BCUT2D eigenvalue weighted by molar-refractivity contribution is 7.80. The minimum atomic E-state index is -4.95. The van der Waals surface area contributed by atoms with Gasteiger partial charge in [-0.25, -0.2) is 4.18 Å². The normalized spacial score (nSPS) is 19.8. The van der Waals surface area contributed by atoms with Crippen molar-refractivity contribution in [3.05, 3.63) is 0 Å². The molecule has 0 spiro atoms. The van der Waals surface area contributed by atoms with E-state index in [-0.39, 0.29) is 6.29 Å². The zero-order chi connectivity index (χ0) is 12.9. The lowest BCUT2D eigenvalue weighted by atomic mass is 10.0. The average molecular weight is 260 g/mol. The summed E-state index contributed by atoms with van der Waals surface area (Å²) in [6.07, 6.45) is -8.12. The summed E-state index contributed by atoms with van der Waals surface area (Å²) in [6.45, 7) is -1.07. The van der Waals surface area contributed by atoms with E-state index in [1.165, 1.54) is 0 Å². The van der Waals surface area contributed by atoms with Crippen molar-refractivity contribution in [3.8, 4) is 0 Å². The van der Waals surface area contributed by atoms with Crippen molar-refractivity contribution in [2.75, 3.05) is 6.61 Å². The minimum Gasteiger partial charge on any atom is -0.394 e. The molecule has 0 unspecified atom stereocenters. The zero-order valence-corrected chi connectivity index (χ0v) is 8.69. The number of aldehydes is 1. The van der Waals surface area contributed by atoms with Crippen molar-refractivity contribution in [3.63, 3.8) is 0 Å². The number of aliphatic hydroxyl groups is 4. The SMILES string of the molecule is O=C[C@@H](O)[C@@H](O)[C@H](O)[C@@H](CO)OS(=O)(=O)O. The van der Waals surface area contributed by atoms with E-state index in [9.17, 15) is 18.3 Å². The molecule has 0 amide bonds. The molecule has 0 saturated heterocycles. The molecule has 0 fully saturated rings. The van der Waals surface area contributed by atoms with Gasteiger partial charge in [-0.3, -0.25) is 4.55 Å². The van der Waals surface area contributed by atoms with E-state index in [0.29, 0.717) is 0 Å². The molecular weight excluding hydrogens is 248 g/mol. The molecule has 0 aromatic carbocycles. The van der Waals surface area contributed by atoms with Crippen LogP contribution in [0, 0.1) is 0 Å². The predicted octanol–water partition coefficient (Wildman–Crippen LogP) is -3.55. The lowest BCUT2D eigenvalue weighted by Gasteiger charge is -2.24. The summed E-state index contributed by atoms with van der Waals surface area (Å²) in [6, 6.07) is 0. The fourth-order valence-electron chi connectivity index (χ4n) is 0.854. The average Bonchev–Trinajstić information content (AvgIpc) is 2.21. The second kappa shape index (κ2) is 6.20. The molecule has 0 radical (unpaired) electrons. The molecule has 96 valence electrons. The van der Waals surface area contributed by atoms with Crippen molar-refractivity contribution in [1.82, 2.24) is 0 Å². The standard InChI is InChI=1S/C6H12O9S/c7-1-3(9)5(10)6(11)4(2-8)15-16(12,13)14/h1,3-6,8-11H,2H2,(H,12,13,14)/t3-,4-,5-,6-/m1/s1. The van der Waals surface area contributed by atoms with Crippen LogP contribution < -0.4 is 0 Å². The fraction of sp³-hybridized carbons (Fsp3) is 0.833. The molecule has 5 N–H and O–H groups in total. The number of rotatable bonds is 7. The van der Waals surface area contributed by atoms with Crippen molar-refractivity contribution in [2.45, 2.75) is 24.4 Å². The van der Waals surface area contributed by atoms with Crippen molar-refractivity contribution >= 4 is 16.7 Å². The van der Waals surface area contributed by atoms with Gasteiger partial charge in [0.1, 0.15) is 24.4 Å². The first-order valence-corrected chi connectivity index (χ1v) is 5.35. The van der Waals surface area contributed by atoms with Crippen molar-refractivity contribution in [1.29, 1.82) is 0 Å². The van der Waals surface area contributed by atoms with Crippen LogP contribution in [0.25, 0.3) is 0 Å². The van der Waals surface area contributed by atoms with Gasteiger partial charge in [-0.2, -0.15) is 8.42 Å². The summed E-state index contributed by atoms with van der Waals surface area (Å²) in [7, 11) is -4.95. The van der Waals surface area contributed by atoms with Gasteiger partial charge in [-0.1, -0.05) is 0 Å². The summed E-state index contributed by atoms with van der Waals surface area (Å²) in [5, 5.41) is 35.7. The van der Waals surface area contributed by atoms with E-state index in [1.54, 1.807) is 0 Å². The molecule has 0 heterocycles. The van der Waals surface area contributed by atoms with E-state index in [0.717, 1.165) is 0 Å². The molecule has 0 rings (SSSR count). The van der Waals surface area contributed by atoms with Crippen LogP contribution in [0.4, 0.5) is 0 Å². The van der Waals surface area contributed by atoms with Crippen LogP contribution in [-0.2, 0) is 19.4 Å². The van der Waals surface area contributed by atoms with Crippen molar-refractivity contribution in [2.24, 2.45) is 0 Å². The molecule has 9 nitrogen and oxygen atoms in total. The molecule has 0 saturated carbocycles. The molecule has 0 aliphatic heterocycles. The third-order valence-corrected chi connectivity index (χ3v) is 2.14. The second-order valence-electron chi connectivity index (χ2n) is 2.85. The summed E-state index contributed by atoms with van der Waals surface area (Å²) < 4.78 is 32.6. The molecule has 0 aromatic rings. The zero-order valence-electron chi connectivity index (χ0n) is 7.87. The van der Waals surface area contributed by atoms with E-state index in [2.05, 4.69) is 4.18 Å². The Morgan fingerprint density at radius 2 is 1.69 bits per heavy atom. The number of carbonyl (C=O) groups is 1. The number of carbonyl (C=O) groups excluding carboxylic acids is 1.